The predicted octanol–water partition coefficient (Wildman–Crippen LogP) is 2.65. The number of hydrogen-bond donors (Lipinski definition) is 0. The smallest absolute Gasteiger partial charge is 0.337 e. The van der Waals surface area contributed by atoms with E-state index in [1.165, 1.54) is 19.2 Å². The van der Waals surface area contributed by atoms with Crippen molar-refractivity contribution in [2.24, 2.45) is 5.16 Å². The minimum atomic E-state index is -0.739. The number of methoxy groups -OCH3 is 1. The topological polar surface area (TPSA) is 85.3 Å². The zero-order chi connectivity index (χ0) is 20.3. The summed E-state index contributed by atoms with van der Waals surface area (Å²) in [5.74, 6) is -1.64. The number of fused-ring (bicyclic) bond motifs is 1. The number of anilines is 1. The van der Waals surface area contributed by atoms with Crippen LogP contribution >= 0.6 is 11.6 Å². The molecule has 2 aromatic carbocycles. The van der Waals surface area contributed by atoms with Gasteiger partial charge in [-0.3, -0.25) is 14.5 Å². The maximum atomic E-state index is 13.6. The fourth-order valence-corrected chi connectivity index (χ4v) is 2.80. The Morgan fingerprint density at radius 3 is 2.54 bits per heavy atom. The Hall–Kier alpha value is -3.26. The van der Waals surface area contributed by atoms with E-state index in [0.717, 1.165) is 11.0 Å². The molecule has 28 heavy (non-hydrogen) atoms. The van der Waals surface area contributed by atoms with E-state index in [1.807, 2.05) is 0 Å². The van der Waals surface area contributed by atoms with Gasteiger partial charge >= 0.3 is 5.97 Å². The first-order valence-corrected chi connectivity index (χ1v) is 8.46. The number of amides is 1. The Kier molecular flexibility index (Phi) is 5.70. The summed E-state index contributed by atoms with van der Waals surface area (Å²) < 4.78 is 18.2. The van der Waals surface area contributed by atoms with E-state index >= 15 is 0 Å². The quantitative estimate of drug-likeness (QED) is 0.420. The van der Waals surface area contributed by atoms with Crippen LogP contribution in [0.5, 0.6) is 0 Å². The highest BCUT2D eigenvalue weighted by Crippen LogP contribution is 2.30. The van der Waals surface area contributed by atoms with Crippen molar-refractivity contribution in [3.63, 3.8) is 0 Å². The normalized spacial score (nSPS) is 14.2. The summed E-state index contributed by atoms with van der Waals surface area (Å²) in [5, 5.41) is 3.09. The Morgan fingerprint density at radius 2 is 1.89 bits per heavy atom. The molecule has 144 valence electrons. The van der Waals surface area contributed by atoms with E-state index in [0.29, 0.717) is 16.8 Å². The molecule has 0 atom stereocenters. The Morgan fingerprint density at radius 1 is 1.18 bits per heavy atom. The molecule has 3 rings (SSSR count). The second-order valence-corrected chi connectivity index (χ2v) is 6.23. The van der Waals surface area contributed by atoms with E-state index in [2.05, 4.69) is 9.89 Å². The van der Waals surface area contributed by atoms with Crippen molar-refractivity contribution in [2.75, 3.05) is 18.6 Å². The Balaban J connectivity index is 1.78. The van der Waals surface area contributed by atoms with Crippen molar-refractivity contribution < 1.29 is 28.3 Å². The van der Waals surface area contributed by atoms with Gasteiger partial charge in [0.25, 0.3) is 5.91 Å². The second kappa shape index (κ2) is 8.18. The predicted molar refractivity (Wildman–Crippen MR) is 98.7 cm³/mol. The summed E-state index contributed by atoms with van der Waals surface area (Å²) in [6.45, 7) is -0.357. The number of hydrogen-bond acceptors (Lipinski definition) is 6. The highest BCUT2D eigenvalue weighted by atomic mass is 35.5. The van der Waals surface area contributed by atoms with Crippen LogP contribution in [0.4, 0.5) is 10.1 Å². The van der Waals surface area contributed by atoms with Gasteiger partial charge in [0.1, 0.15) is 19.0 Å². The molecule has 0 unspecified atom stereocenters. The van der Waals surface area contributed by atoms with Gasteiger partial charge in [0.15, 0.2) is 5.71 Å². The zero-order valence-electron chi connectivity index (χ0n) is 14.6. The summed E-state index contributed by atoms with van der Waals surface area (Å²) in [7, 11) is 1.29. The van der Waals surface area contributed by atoms with E-state index in [1.54, 1.807) is 24.3 Å². The lowest BCUT2D eigenvalue weighted by molar-refractivity contribution is -0.115. The standard InChI is InChI=1S/C19H14ClFN2O5/c1-27-19(26)12-4-2-11(3-5-12)10-28-22-17-14-8-13(21)6-7-15(14)23(18(17)25)9-16(20)24/h2-8H,9-10H2,1H3. The van der Waals surface area contributed by atoms with Crippen LogP contribution in [-0.4, -0.2) is 36.5 Å². The van der Waals surface area contributed by atoms with Gasteiger partial charge in [-0.05, 0) is 47.5 Å². The third-order valence-corrected chi connectivity index (χ3v) is 4.12. The van der Waals surface area contributed by atoms with E-state index in [9.17, 15) is 18.8 Å². The first-order valence-electron chi connectivity index (χ1n) is 8.08. The van der Waals surface area contributed by atoms with E-state index < -0.39 is 22.9 Å². The largest absolute Gasteiger partial charge is 0.465 e. The monoisotopic (exact) mass is 404 g/mol. The van der Waals surface area contributed by atoms with Crippen molar-refractivity contribution in [3.8, 4) is 0 Å². The number of carbonyl (C=O) groups excluding carboxylic acids is 3. The van der Waals surface area contributed by atoms with Crippen LogP contribution in [0.3, 0.4) is 0 Å². The number of nitrogens with zero attached hydrogens (tertiary/aromatic N) is 2. The van der Waals surface area contributed by atoms with Crippen LogP contribution in [0.15, 0.2) is 47.6 Å². The molecule has 0 spiro atoms. The van der Waals surface area contributed by atoms with Gasteiger partial charge in [-0.15, -0.1) is 0 Å². The summed E-state index contributed by atoms with van der Waals surface area (Å²) >= 11 is 5.39. The van der Waals surface area contributed by atoms with Gasteiger partial charge < -0.3 is 9.57 Å². The lowest BCUT2D eigenvalue weighted by atomic mass is 10.1. The maximum absolute atomic E-state index is 13.6. The van der Waals surface area contributed by atoms with Crippen molar-refractivity contribution in [2.45, 2.75) is 6.61 Å². The molecule has 0 aliphatic carbocycles. The van der Waals surface area contributed by atoms with Crippen molar-refractivity contribution in [1.82, 2.24) is 0 Å². The lowest BCUT2D eigenvalue weighted by Crippen LogP contribution is -2.33. The average Bonchev–Trinajstić information content (AvgIpc) is 2.92. The molecule has 0 bridgehead atoms. The first-order chi connectivity index (χ1) is 13.4. The number of ether oxygens (including phenoxy) is 1. The van der Waals surface area contributed by atoms with Crippen LogP contribution in [0.1, 0.15) is 21.5 Å². The number of benzene rings is 2. The molecule has 0 radical (unpaired) electrons. The van der Waals surface area contributed by atoms with Crippen LogP contribution in [0.25, 0.3) is 0 Å². The zero-order valence-corrected chi connectivity index (χ0v) is 15.4. The summed E-state index contributed by atoms with van der Waals surface area (Å²) in [6, 6.07) is 10.1. The molecule has 7 nitrogen and oxygen atoms in total. The number of oxime groups is 1. The summed E-state index contributed by atoms with van der Waals surface area (Å²) in [4.78, 5) is 41.5. The molecule has 1 aliphatic rings. The molecule has 0 saturated carbocycles. The van der Waals surface area contributed by atoms with Crippen molar-refractivity contribution in [1.29, 1.82) is 0 Å². The molecule has 0 N–H and O–H groups in total. The molecular formula is C19H14ClFN2O5. The van der Waals surface area contributed by atoms with Gasteiger partial charge in [0.05, 0.1) is 18.4 Å². The Bertz CT molecular complexity index is 975. The molecule has 1 amide bonds. The first kappa shape index (κ1) is 19.5. The van der Waals surface area contributed by atoms with Gasteiger partial charge in [0, 0.05) is 5.56 Å². The minimum absolute atomic E-state index is 0.0112. The average molecular weight is 405 g/mol. The van der Waals surface area contributed by atoms with Gasteiger partial charge in [-0.2, -0.15) is 0 Å². The fraction of sp³-hybridized carbons (Fsp3) is 0.158. The van der Waals surface area contributed by atoms with Crippen LogP contribution in [0.2, 0.25) is 0 Å². The van der Waals surface area contributed by atoms with Gasteiger partial charge in [0.2, 0.25) is 5.24 Å². The number of halogens is 2. The molecule has 9 heteroatoms. The maximum Gasteiger partial charge on any atom is 0.337 e. The summed E-state index contributed by atoms with van der Waals surface area (Å²) in [6.07, 6.45) is 0. The van der Waals surface area contributed by atoms with Gasteiger partial charge in [-0.25, -0.2) is 9.18 Å². The minimum Gasteiger partial charge on any atom is -0.465 e. The summed E-state index contributed by atoms with van der Waals surface area (Å²) in [5.41, 5.74) is 1.48. The SMILES string of the molecule is COC(=O)c1ccc(CON=C2C(=O)N(CC(=O)Cl)c3ccc(F)cc32)cc1. The number of esters is 1. The third-order valence-electron chi connectivity index (χ3n) is 4.00. The highest BCUT2D eigenvalue weighted by molar-refractivity contribution is 6.65. The number of carbonyl (C=O) groups is 3. The molecule has 0 saturated heterocycles. The van der Waals surface area contributed by atoms with Crippen LogP contribution < -0.4 is 4.90 Å². The second-order valence-electron chi connectivity index (χ2n) is 5.81. The molecular weight excluding hydrogens is 391 g/mol. The lowest BCUT2D eigenvalue weighted by Gasteiger charge is -2.13. The van der Waals surface area contributed by atoms with Gasteiger partial charge in [-0.1, -0.05) is 17.3 Å². The Labute approximate surface area is 164 Å². The molecule has 0 fully saturated rings. The van der Waals surface area contributed by atoms with Crippen molar-refractivity contribution >= 4 is 40.1 Å². The van der Waals surface area contributed by atoms with Crippen molar-refractivity contribution in [3.05, 3.63) is 65.0 Å². The molecule has 0 aromatic heterocycles. The van der Waals surface area contributed by atoms with E-state index in [-0.39, 0.29) is 24.4 Å². The third kappa shape index (κ3) is 4.01. The van der Waals surface area contributed by atoms with Crippen LogP contribution in [0, 0.1) is 5.82 Å². The van der Waals surface area contributed by atoms with Crippen LogP contribution in [-0.2, 0) is 25.8 Å². The highest BCUT2D eigenvalue weighted by Gasteiger charge is 2.36. The molecule has 1 heterocycles. The molecule has 2 aromatic rings. The fourth-order valence-electron chi connectivity index (χ4n) is 2.68. The van der Waals surface area contributed by atoms with E-state index in [4.69, 9.17) is 16.4 Å². The number of rotatable bonds is 6. The molecule has 1 aliphatic heterocycles.